The van der Waals surface area contributed by atoms with Crippen LogP contribution in [0.2, 0.25) is 0 Å². The van der Waals surface area contributed by atoms with Gasteiger partial charge in [0.1, 0.15) is 6.61 Å². The van der Waals surface area contributed by atoms with E-state index < -0.39 is 32.5 Å². The van der Waals surface area contributed by atoms with Crippen LogP contribution in [0.15, 0.2) is 97.2 Å². The van der Waals surface area contributed by atoms with Gasteiger partial charge in [-0.2, -0.15) is 0 Å². The lowest BCUT2D eigenvalue weighted by molar-refractivity contribution is -0.161. The van der Waals surface area contributed by atoms with E-state index in [0.717, 1.165) is 77.0 Å². The van der Waals surface area contributed by atoms with Crippen LogP contribution >= 0.6 is 7.82 Å². The van der Waals surface area contributed by atoms with Crippen LogP contribution in [0, 0.1) is 0 Å². The van der Waals surface area contributed by atoms with E-state index in [0.29, 0.717) is 31.5 Å². The van der Waals surface area contributed by atoms with Crippen LogP contribution in [0.3, 0.4) is 0 Å². The number of ether oxygens (including phenoxy) is 3. The summed E-state index contributed by atoms with van der Waals surface area (Å²) in [5, 5.41) is 0. The number of phosphoric acid groups is 1. The zero-order chi connectivity index (χ0) is 42.2. The van der Waals surface area contributed by atoms with Gasteiger partial charge in [-0.15, -0.1) is 0 Å². The lowest BCUT2D eigenvalue weighted by Crippen LogP contribution is -2.29. The number of epoxide rings is 1. The molecule has 58 heavy (non-hydrogen) atoms. The third kappa shape index (κ3) is 34.9. The minimum atomic E-state index is -4.41. The lowest BCUT2D eigenvalue weighted by atomic mass is 10.1. The number of nitrogens with two attached hydrogens (primary N) is 1. The number of phosphoric ester groups is 1. The molecule has 1 aliphatic heterocycles. The van der Waals surface area contributed by atoms with Gasteiger partial charge in [0.05, 0.1) is 25.4 Å². The fourth-order valence-electron chi connectivity index (χ4n) is 5.52. The fraction of sp³-hybridized carbons (Fsp3) is 0.617. The van der Waals surface area contributed by atoms with Crippen molar-refractivity contribution in [3.8, 4) is 0 Å². The van der Waals surface area contributed by atoms with Gasteiger partial charge in [0.2, 0.25) is 0 Å². The Bertz CT molecular complexity index is 1330. The van der Waals surface area contributed by atoms with Crippen molar-refractivity contribution in [1.82, 2.24) is 0 Å². The second-order valence-electron chi connectivity index (χ2n) is 14.2. The summed E-state index contributed by atoms with van der Waals surface area (Å²) in [6, 6.07) is 0. The van der Waals surface area contributed by atoms with Crippen LogP contribution in [0.1, 0.15) is 142 Å². The zero-order valence-electron chi connectivity index (χ0n) is 35.7. The van der Waals surface area contributed by atoms with Gasteiger partial charge in [-0.05, 0) is 96.3 Å². The van der Waals surface area contributed by atoms with Gasteiger partial charge in [-0.1, -0.05) is 130 Å². The quantitative estimate of drug-likeness (QED) is 0.0203. The molecule has 11 heteroatoms. The Labute approximate surface area is 351 Å². The van der Waals surface area contributed by atoms with Crippen LogP contribution in [0.5, 0.6) is 0 Å². The third-order valence-corrected chi connectivity index (χ3v) is 9.84. The summed E-state index contributed by atoms with van der Waals surface area (Å²) in [5.74, 6) is -0.949. The molecule has 3 unspecified atom stereocenters. The zero-order valence-corrected chi connectivity index (χ0v) is 36.6. The van der Waals surface area contributed by atoms with Crippen molar-refractivity contribution >= 4 is 19.8 Å². The molecular formula is C47H76NO9P. The first-order valence-corrected chi connectivity index (χ1v) is 23.3. The number of hydrogen-bond acceptors (Lipinski definition) is 9. The van der Waals surface area contributed by atoms with Crippen molar-refractivity contribution in [3.05, 3.63) is 97.2 Å². The number of esters is 2. The van der Waals surface area contributed by atoms with Crippen LogP contribution in [0.25, 0.3) is 0 Å². The van der Waals surface area contributed by atoms with Crippen molar-refractivity contribution in [2.24, 2.45) is 5.73 Å². The molecule has 1 fully saturated rings. The number of rotatable bonds is 38. The number of unbranched alkanes of at least 4 members (excludes halogenated alkanes) is 7. The van der Waals surface area contributed by atoms with Gasteiger partial charge in [0, 0.05) is 19.4 Å². The predicted molar refractivity (Wildman–Crippen MR) is 237 cm³/mol. The molecule has 0 aromatic heterocycles. The maximum absolute atomic E-state index is 12.6. The van der Waals surface area contributed by atoms with Gasteiger partial charge in [-0.25, -0.2) is 4.57 Å². The molecule has 1 heterocycles. The van der Waals surface area contributed by atoms with E-state index in [9.17, 15) is 19.0 Å². The highest BCUT2D eigenvalue weighted by Crippen LogP contribution is 2.43. The summed E-state index contributed by atoms with van der Waals surface area (Å²) < 4.78 is 38.5. The van der Waals surface area contributed by atoms with Crippen LogP contribution in [-0.2, 0) is 37.4 Å². The molecule has 4 atom stereocenters. The average molecular weight is 830 g/mol. The monoisotopic (exact) mass is 830 g/mol. The van der Waals surface area contributed by atoms with Crippen LogP contribution in [-0.4, -0.2) is 61.5 Å². The van der Waals surface area contributed by atoms with E-state index in [-0.39, 0.29) is 32.6 Å². The SMILES string of the molecule is CC/C=C\C/C=C\C/C=C\C/C=C\C/C=C\CCCCCC(=O)OC[C@H](COP(=O)(O)OCCN)OC(=O)CCC/C=C\C/C=C\CC1OC1C/C=C\CCCCC. The van der Waals surface area contributed by atoms with E-state index >= 15 is 0 Å². The number of carbonyl (C=O) groups excluding carboxylic acids is 2. The van der Waals surface area contributed by atoms with Crippen LogP contribution in [0.4, 0.5) is 0 Å². The summed E-state index contributed by atoms with van der Waals surface area (Å²) in [6.07, 6.45) is 51.9. The standard InChI is InChI=1S/C47H76NO9P/c1-3-5-7-9-11-12-13-14-15-16-17-18-19-20-21-22-25-29-33-37-46(49)53-41-43(42-55-58(51,52)54-40-39-48)56-47(50)38-34-30-26-23-24-28-32-36-45-44(57-45)35-31-27-10-8-6-4-2/h5,7,11-12,14-15,17-18,20-21,23,26-28,31-32,43-45H,3-4,6,8-10,13,16,19,22,24-25,29-30,33-42,48H2,1-2H3,(H,51,52)/b7-5-,12-11-,15-14-,18-17-,21-20-,26-23-,31-27-,32-28-/t43-,44?,45?/m1/s1. The molecular weight excluding hydrogens is 753 g/mol. The van der Waals surface area contributed by atoms with Gasteiger partial charge in [0.15, 0.2) is 6.10 Å². The minimum absolute atomic E-state index is 0.0319. The lowest BCUT2D eigenvalue weighted by Gasteiger charge is -2.19. The highest BCUT2D eigenvalue weighted by Gasteiger charge is 2.36. The molecule has 0 radical (unpaired) electrons. The highest BCUT2D eigenvalue weighted by atomic mass is 31.2. The Kier molecular flexibility index (Phi) is 34.8. The van der Waals surface area contributed by atoms with E-state index in [4.69, 9.17) is 29.0 Å². The third-order valence-electron chi connectivity index (χ3n) is 8.86. The molecule has 0 amide bonds. The van der Waals surface area contributed by atoms with Gasteiger partial charge >= 0.3 is 19.8 Å². The summed E-state index contributed by atoms with van der Waals surface area (Å²) in [6.45, 7) is 3.44. The molecule has 0 spiro atoms. The first kappa shape index (κ1) is 52.9. The Hall–Kier alpha value is -3.11. The summed E-state index contributed by atoms with van der Waals surface area (Å²) >= 11 is 0. The molecule has 0 saturated carbocycles. The molecule has 0 aromatic rings. The second kappa shape index (κ2) is 38.1. The Morgan fingerprint density at radius 2 is 1.12 bits per heavy atom. The second-order valence-corrected chi connectivity index (χ2v) is 15.7. The number of carbonyl (C=O) groups is 2. The first-order valence-electron chi connectivity index (χ1n) is 21.8. The molecule has 3 N–H and O–H groups in total. The normalized spacial score (nSPS) is 17.7. The fourth-order valence-corrected chi connectivity index (χ4v) is 6.28. The molecule has 1 aliphatic rings. The molecule has 0 aliphatic carbocycles. The first-order chi connectivity index (χ1) is 28.3. The van der Waals surface area contributed by atoms with Crippen molar-refractivity contribution in [1.29, 1.82) is 0 Å². The molecule has 1 saturated heterocycles. The van der Waals surface area contributed by atoms with E-state index in [1.807, 2.05) is 6.08 Å². The average Bonchev–Trinajstić information content (AvgIpc) is 3.97. The van der Waals surface area contributed by atoms with E-state index in [1.54, 1.807) is 0 Å². The number of hydrogen-bond donors (Lipinski definition) is 2. The summed E-state index contributed by atoms with van der Waals surface area (Å²) in [4.78, 5) is 34.9. The van der Waals surface area contributed by atoms with Crippen molar-refractivity contribution < 1.29 is 42.3 Å². The number of allylic oxidation sites excluding steroid dienone is 14. The van der Waals surface area contributed by atoms with Crippen molar-refractivity contribution in [2.75, 3.05) is 26.4 Å². The minimum Gasteiger partial charge on any atom is -0.462 e. The smallest absolute Gasteiger partial charge is 0.462 e. The highest BCUT2D eigenvalue weighted by molar-refractivity contribution is 7.47. The topological polar surface area (TPSA) is 147 Å². The molecule has 10 nitrogen and oxygen atoms in total. The Morgan fingerprint density at radius 1 is 0.621 bits per heavy atom. The van der Waals surface area contributed by atoms with Crippen molar-refractivity contribution in [2.45, 2.75) is 161 Å². The molecule has 328 valence electrons. The van der Waals surface area contributed by atoms with Crippen LogP contribution < -0.4 is 5.73 Å². The van der Waals surface area contributed by atoms with Crippen molar-refractivity contribution in [3.63, 3.8) is 0 Å². The van der Waals surface area contributed by atoms with E-state index in [2.05, 4.69) is 105 Å². The molecule has 0 bridgehead atoms. The van der Waals surface area contributed by atoms with Gasteiger partial charge in [0.25, 0.3) is 0 Å². The molecule has 0 aromatic carbocycles. The van der Waals surface area contributed by atoms with Gasteiger partial charge < -0.3 is 24.8 Å². The Balaban J connectivity index is 2.26. The van der Waals surface area contributed by atoms with Gasteiger partial charge in [-0.3, -0.25) is 18.6 Å². The summed E-state index contributed by atoms with van der Waals surface area (Å²) in [5.41, 5.74) is 5.34. The Morgan fingerprint density at radius 3 is 1.71 bits per heavy atom. The van der Waals surface area contributed by atoms with E-state index in [1.165, 1.54) is 19.3 Å². The summed E-state index contributed by atoms with van der Waals surface area (Å²) in [7, 11) is -4.41. The predicted octanol–water partition coefficient (Wildman–Crippen LogP) is 11.6. The molecule has 1 rings (SSSR count). The largest absolute Gasteiger partial charge is 0.472 e. The maximum atomic E-state index is 12.6. The maximum Gasteiger partial charge on any atom is 0.472 e.